The predicted molar refractivity (Wildman–Crippen MR) is 110 cm³/mol. The molecule has 30 heavy (non-hydrogen) atoms. The van der Waals surface area contributed by atoms with E-state index in [0.717, 1.165) is 0 Å². The minimum absolute atomic E-state index is 0.210. The Labute approximate surface area is 187 Å². The van der Waals surface area contributed by atoms with Crippen molar-refractivity contribution in [3.8, 4) is 0 Å². The van der Waals surface area contributed by atoms with Gasteiger partial charge in [-0.1, -0.05) is 12.1 Å². The van der Waals surface area contributed by atoms with Crippen LogP contribution < -0.4 is 0 Å². The summed E-state index contributed by atoms with van der Waals surface area (Å²) in [6, 6.07) is 29.3. The number of hydrogen-bond acceptors (Lipinski definition) is 0. The van der Waals surface area contributed by atoms with E-state index < -0.39 is 13.4 Å². The van der Waals surface area contributed by atoms with E-state index in [-0.39, 0.29) is 5.43 Å². The second-order valence-corrected chi connectivity index (χ2v) is 15.1. The number of fused-ring (bicyclic) bond motifs is 2. The fourth-order valence-corrected chi connectivity index (χ4v) is 2.14. The van der Waals surface area contributed by atoms with Gasteiger partial charge in [-0.25, -0.2) is 0 Å². The maximum Gasteiger partial charge on any atom is 0.154 e. The van der Waals surface area contributed by atoms with Gasteiger partial charge in [0, 0.05) is 0 Å². The molecule has 8 heteroatoms. The first-order valence-corrected chi connectivity index (χ1v) is 14.7. The molecule has 0 saturated carbocycles. The Bertz CT molecular complexity index is 807. The monoisotopic (exact) mass is 516 g/mol. The Morgan fingerprint density at radius 2 is 0.900 bits per heavy atom. The van der Waals surface area contributed by atoms with Crippen LogP contribution in [0.1, 0.15) is 0 Å². The van der Waals surface area contributed by atoms with Crippen molar-refractivity contribution < 1.29 is 49.7 Å². The Morgan fingerprint density at radius 3 is 1.17 bits per heavy atom. The summed E-state index contributed by atoms with van der Waals surface area (Å²) in [7, 11) is 0. The molecular weight excluding hydrogens is 498 g/mol. The standard InChI is InChI=1S/2C9H7.C2H6Si.2CF3.Zr/c2*1-2-5-9-7-3-6-8(9)4-1;1-3-2;2*2-1(3)4;/h2*1-7H;1-2H3;;;/q2*-1;;2*-1;. The van der Waals surface area contributed by atoms with Gasteiger partial charge < -0.3 is 26.3 Å². The van der Waals surface area contributed by atoms with E-state index in [1.165, 1.54) is 21.5 Å². The molecule has 0 heterocycles. The van der Waals surface area contributed by atoms with Crippen LogP contribution in [0.3, 0.4) is 0 Å². The number of hydrogen-bond donors (Lipinski definition) is 0. The maximum absolute atomic E-state index is 9.58. The third-order valence-electron chi connectivity index (χ3n) is 3.10. The SMILES string of the molecule is C[Si](C)=[Zr].F[C-](F)F.F[C-](F)F.c1ccc2[cH-]ccc2c1.c1ccc2[cH-]ccc2c1. The minimum Gasteiger partial charge on any atom is -0.385 e. The summed E-state index contributed by atoms with van der Waals surface area (Å²) >= 11 is 1.74. The van der Waals surface area contributed by atoms with Crippen molar-refractivity contribution in [2.45, 2.75) is 13.1 Å². The van der Waals surface area contributed by atoms with E-state index in [9.17, 15) is 26.3 Å². The summed E-state index contributed by atoms with van der Waals surface area (Å²) in [5.41, 5.74) is 0.210. The van der Waals surface area contributed by atoms with E-state index in [1.807, 2.05) is 0 Å². The molecule has 0 aromatic heterocycles. The van der Waals surface area contributed by atoms with Crippen LogP contribution in [0.25, 0.3) is 21.5 Å². The summed E-state index contributed by atoms with van der Waals surface area (Å²) in [4.78, 5) is 0. The summed E-state index contributed by atoms with van der Waals surface area (Å²) in [5, 5.41) is 5.32. The summed E-state index contributed by atoms with van der Waals surface area (Å²) in [5.74, 6) is 0. The molecule has 0 aliphatic rings. The van der Waals surface area contributed by atoms with E-state index in [4.69, 9.17) is 0 Å². The van der Waals surface area contributed by atoms with E-state index in [2.05, 4.69) is 98.0 Å². The largest absolute Gasteiger partial charge is 0.385 e. The summed E-state index contributed by atoms with van der Waals surface area (Å²) in [6.45, 7) is -1.55. The Morgan fingerprint density at radius 1 is 0.633 bits per heavy atom. The molecule has 0 nitrogen and oxygen atoms in total. The quantitative estimate of drug-likeness (QED) is 0.124. The van der Waals surface area contributed by atoms with Gasteiger partial charge in [-0.3, -0.25) is 0 Å². The summed E-state index contributed by atoms with van der Waals surface area (Å²) < 4.78 is 57.5. The fraction of sp³-hybridized carbons (Fsp3) is 0.0909. The average molecular weight is 518 g/mol. The van der Waals surface area contributed by atoms with Gasteiger partial charge in [0.15, 0.2) is 13.4 Å². The molecule has 0 spiro atoms. The zero-order chi connectivity index (χ0) is 22.9. The van der Waals surface area contributed by atoms with Crippen LogP contribution in [0, 0.1) is 13.4 Å². The normalized spacial score (nSPS) is 9.37. The van der Waals surface area contributed by atoms with Gasteiger partial charge >= 0.3 is 41.9 Å². The molecule has 0 aliphatic carbocycles. The molecule has 0 fully saturated rings. The Hall–Kier alpha value is -1.66. The van der Waals surface area contributed by atoms with Gasteiger partial charge in [-0.15, -0.1) is 59.3 Å². The van der Waals surface area contributed by atoms with Crippen LogP contribution in [-0.2, 0) is 23.3 Å². The fourth-order valence-electron chi connectivity index (χ4n) is 2.14. The molecule has 4 rings (SSSR count). The first kappa shape index (κ1) is 28.3. The molecule has 0 radical (unpaired) electrons. The van der Waals surface area contributed by atoms with Crippen LogP contribution >= 0.6 is 0 Å². The van der Waals surface area contributed by atoms with Crippen molar-refractivity contribution in [1.29, 1.82) is 0 Å². The zero-order valence-electron chi connectivity index (χ0n) is 16.4. The molecule has 4 aromatic carbocycles. The van der Waals surface area contributed by atoms with Gasteiger partial charge in [-0.2, -0.15) is 35.0 Å². The van der Waals surface area contributed by atoms with E-state index >= 15 is 0 Å². The number of benzene rings is 2. The predicted octanol–water partition coefficient (Wildman–Crippen LogP) is 8.59. The smallest absolute Gasteiger partial charge is 0.154 e. The minimum atomic E-state index is -3.08. The molecule has 0 unspecified atom stereocenters. The first-order valence-electron chi connectivity index (χ1n) is 8.53. The third-order valence-corrected chi connectivity index (χ3v) is 3.10. The first-order chi connectivity index (χ1) is 14.1. The van der Waals surface area contributed by atoms with Crippen molar-refractivity contribution in [3.63, 3.8) is 0 Å². The van der Waals surface area contributed by atoms with Gasteiger partial charge in [0.25, 0.3) is 0 Å². The molecule has 4 aromatic rings. The van der Waals surface area contributed by atoms with Crippen molar-refractivity contribution >= 4 is 27.0 Å². The van der Waals surface area contributed by atoms with Crippen molar-refractivity contribution in [1.82, 2.24) is 0 Å². The molecule has 0 saturated heterocycles. The molecular formula is C22H20F6SiZr-4. The van der Waals surface area contributed by atoms with Crippen LogP contribution in [-0.4, -0.2) is 5.43 Å². The molecule has 0 atom stereocenters. The Kier molecular flexibility index (Phi) is 16.1. The molecule has 0 amide bonds. The number of rotatable bonds is 0. The molecule has 0 N–H and O–H groups in total. The topological polar surface area (TPSA) is 0 Å². The van der Waals surface area contributed by atoms with Gasteiger partial charge in [0.1, 0.15) is 0 Å². The van der Waals surface area contributed by atoms with Crippen molar-refractivity contribution in [2.24, 2.45) is 0 Å². The van der Waals surface area contributed by atoms with Crippen LogP contribution in [0.4, 0.5) is 26.3 Å². The van der Waals surface area contributed by atoms with Gasteiger partial charge in [-0.05, 0) is 0 Å². The second-order valence-electron chi connectivity index (χ2n) is 5.74. The summed E-state index contributed by atoms with van der Waals surface area (Å²) in [6.07, 6.45) is 0. The van der Waals surface area contributed by atoms with E-state index in [0.29, 0.717) is 0 Å². The molecule has 0 aliphatic heterocycles. The van der Waals surface area contributed by atoms with Gasteiger partial charge in [0.2, 0.25) is 0 Å². The molecule has 162 valence electrons. The number of halogens is 6. The van der Waals surface area contributed by atoms with Crippen LogP contribution in [0.2, 0.25) is 13.1 Å². The van der Waals surface area contributed by atoms with Crippen LogP contribution in [0.5, 0.6) is 0 Å². The van der Waals surface area contributed by atoms with Crippen LogP contribution in [0.15, 0.2) is 84.9 Å². The molecule has 0 bridgehead atoms. The average Bonchev–Trinajstić information content (AvgIpc) is 3.30. The third kappa shape index (κ3) is 16.2. The van der Waals surface area contributed by atoms with E-state index in [1.54, 1.807) is 23.3 Å². The Balaban J connectivity index is 0.000000377. The van der Waals surface area contributed by atoms with Gasteiger partial charge in [0.05, 0.1) is 0 Å². The maximum atomic E-state index is 9.58. The zero-order valence-corrected chi connectivity index (χ0v) is 19.8. The second kappa shape index (κ2) is 17.1. The van der Waals surface area contributed by atoms with Crippen molar-refractivity contribution in [2.75, 3.05) is 0 Å². The van der Waals surface area contributed by atoms with Crippen molar-refractivity contribution in [3.05, 3.63) is 98.3 Å².